The number of hydrogen-bond donors (Lipinski definition) is 0. The molecule has 1 heterocycles. The molecule has 1 aromatic rings. The van der Waals surface area contributed by atoms with Crippen molar-refractivity contribution < 1.29 is 14.3 Å². The summed E-state index contributed by atoms with van der Waals surface area (Å²) >= 11 is 0. The largest absolute Gasteiger partial charge is 0.434 e. The minimum absolute atomic E-state index is 0.170. The van der Waals surface area contributed by atoms with E-state index in [0.717, 1.165) is 31.4 Å². The Bertz CT molecular complexity index is 515. The number of epoxide rings is 1. The second kappa shape index (κ2) is 11.9. The van der Waals surface area contributed by atoms with Gasteiger partial charge in [-0.25, -0.2) is 0 Å². The fourth-order valence-electron chi connectivity index (χ4n) is 2.86. The molecule has 1 aliphatic rings. The van der Waals surface area contributed by atoms with Gasteiger partial charge in [0.05, 0.1) is 19.0 Å². The molecule has 0 amide bonds. The predicted octanol–water partition coefficient (Wildman–Crippen LogP) is 5.67. The van der Waals surface area contributed by atoms with E-state index in [0.29, 0.717) is 12.5 Å². The number of carbonyl (C=O) groups excluding carboxylic acids is 1. The van der Waals surface area contributed by atoms with Crippen LogP contribution in [0, 0.1) is 0 Å². The van der Waals surface area contributed by atoms with E-state index in [-0.39, 0.29) is 5.97 Å². The Balaban J connectivity index is 1.57. The van der Waals surface area contributed by atoms with Crippen molar-refractivity contribution in [1.82, 2.24) is 0 Å². The molecule has 0 spiro atoms. The molecule has 0 radical (unpaired) electrons. The minimum atomic E-state index is -0.170. The number of benzene rings is 1. The maximum Gasteiger partial charge on any atom is 0.310 e. The lowest BCUT2D eigenvalue weighted by Crippen LogP contribution is -2.00. The third-order valence-electron chi connectivity index (χ3n) is 4.57. The lowest BCUT2D eigenvalue weighted by atomic mass is 10.0. The summed E-state index contributed by atoms with van der Waals surface area (Å²) in [7, 11) is 0. The highest BCUT2D eigenvalue weighted by atomic mass is 16.6. The van der Waals surface area contributed by atoms with Crippen LogP contribution in [0.1, 0.15) is 75.8 Å². The van der Waals surface area contributed by atoms with Gasteiger partial charge in [0, 0.05) is 6.42 Å². The molecule has 2 rings (SSSR count). The van der Waals surface area contributed by atoms with Crippen LogP contribution in [0.5, 0.6) is 0 Å². The zero-order chi connectivity index (χ0) is 17.7. The number of hydrogen-bond acceptors (Lipinski definition) is 3. The van der Waals surface area contributed by atoms with Crippen molar-refractivity contribution in [2.75, 3.05) is 6.61 Å². The highest BCUT2D eigenvalue weighted by Gasteiger charge is 2.21. The zero-order valence-electron chi connectivity index (χ0n) is 15.5. The molecule has 1 aliphatic heterocycles. The molecule has 138 valence electrons. The Morgan fingerprint density at radius 2 is 1.84 bits per heavy atom. The van der Waals surface area contributed by atoms with Crippen LogP contribution in [0.4, 0.5) is 0 Å². The van der Waals surface area contributed by atoms with E-state index in [2.05, 4.69) is 31.2 Å². The predicted molar refractivity (Wildman–Crippen MR) is 102 cm³/mol. The number of esters is 1. The summed E-state index contributed by atoms with van der Waals surface area (Å²) in [6.07, 6.45) is 15.1. The van der Waals surface area contributed by atoms with E-state index in [9.17, 15) is 4.79 Å². The second-order valence-corrected chi connectivity index (χ2v) is 6.90. The van der Waals surface area contributed by atoms with Crippen molar-refractivity contribution in [1.29, 1.82) is 0 Å². The summed E-state index contributed by atoms with van der Waals surface area (Å²) in [5.74, 6) is -0.170. The van der Waals surface area contributed by atoms with E-state index < -0.39 is 0 Å². The zero-order valence-corrected chi connectivity index (χ0v) is 15.5. The maximum absolute atomic E-state index is 11.6. The smallest absolute Gasteiger partial charge is 0.310 e. The minimum Gasteiger partial charge on any atom is -0.434 e. The van der Waals surface area contributed by atoms with Crippen LogP contribution in [0.15, 0.2) is 30.5 Å². The molecule has 3 nitrogen and oxygen atoms in total. The third-order valence-corrected chi connectivity index (χ3v) is 4.57. The molecule has 0 bridgehead atoms. The van der Waals surface area contributed by atoms with E-state index in [1.165, 1.54) is 50.4 Å². The Kier molecular flexibility index (Phi) is 9.35. The van der Waals surface area contributed by atoms with Crippen LogP contribution in [0.3, 0.4) is 0 Å². The Morgan fingerprint density at radius 1 is 1.12 bits per heavy atom. The van der Waals surface area contributed by atoms with Gasteiger partial charge in [-0.1, -0.05) is 63.3 Å². The second-order valence-electron chi connectivity index (χ2n) is 6.90. The summed E-state index contributed by atoms with van der Waals surface area (Å²) in [5.41, 5.74) is 2.44. The van der Waals surface area contributed by atoms with Crippen molar-refractivity contribution in [3.63, 3.8) is 0 Å². The normalized spacial score (nSPS) is 16.3. The molecular formula is C22H32O3. The van der Waals surface area contributed by atoms with Crippen LogP contribution in [0.25, 0.3) is 6.08 Å². The average Bonchev–Trinajstić information content (AvgIpc) is 3.44. The van der Waals surface area contributed by atoms with Crippen molar-refractivity contribution in [3.8, 4) is 0 Å². The van der Waals surface area contributed by atoms with Gasteiger partial charge in [-0.3, -0.25) is 4.79 Å². The summed E-state index contributed by atoms with van der Waals surface area (Å²) < 4.78 is 10.2. The van der Waals surface area contributed by atoms with Gasteiger partial charge >= 0.3 is 5.97 Å². The monoisotopic (exact) mass is 344 g/mol. The third kappa shape index (κ3) is 9.45. The highest BCUT2D eigenvalue weighted by molar-refractivity contribution is 5.70. The first-order valence-corrected chi connectivity index (χ1v) is 9.84. The molecule has 3 heteroatoms. The van der Waals surface area contributed by atoms with Gasteiger partial charge in [0.15, 0.2) is 0 Å². The molecule has 0 aromatic heterocycles. The molecule has 0 aliphatic carbocycles. The van der Waals surface area contributed by atoms with Crippen molar-refractivity contribution in [2.24, 2.45) is 0 Å². The number of aryl methyl sites for hydroxylation is 1. The molecule has 1 atom stereocenters. The molecule has 1 fully saturated rings. The van der Waals surface area contributed by atoms with E-state index in [1.54, 1.807) is 0 Å². The van der Waals surface area contributed by atoms with Gasteiger partial charge in [-0.15, -0.1) is 0 Å². The SMILES string of the molecule is CCCCCCCCc1ccc(/C=C/OC(=O)CCCC2CO2)cc1. The Hall–Kier alpha value is -1.61. The number of carbonyl (C=O) groups is 1. The van der Waals surface area contributed by atoms with E-state index in [4.69, 9.17) is 9.47 Å². The quantitative estimate of drug-likeness (QED) is 0.200. The molecule has 1 saturated heterocycles. The van der Waals surface area contributed by atoms with Gasteiger partial charge in [-0.05, 0) is 42.9 Å². The topological polar surface area (TPSA) is 38.8 Å². The van der Waals surface area contributed by atoms with Crippen molar-refractivity contribution >= 4 is 12.0 Å². The van der Waals surface area contributed by atoms with Crippen LogP contribution in [-0.2, 0) is 20.7 Å². The lowest BCUT2D eigenvalue weighted by molar-refractivity contribution is -0.138. The number of ether oxygens (including phenoxy) is 2. The molecule has 25 heavy (non-hydrogen) atoms. The first-order chi connectivity index (χ1) is 12.3. The van der Waals surface area contributed by atoms with Gasteiger partial charge in [0.1, 0.15) is 0 Å². The van der Waals surface area contributed by atoms with E-state index in [1.807, 2.05) is 6.08 Å². The molecule has 0 saturated carbocycles. The van der Waals surface area contributed by atoms with E-state index >= 15 is 0 Å². The van der Waals surface area contributed by atoms with Crippen molar-refractivity contribution in [2.45, 2.75) is 77.2 Å². The first kappa shape index (κ1) is 19.7. The summed E-state index contributed by atoms with van der Waals surface area (Å²) in [6, 6.07) is 8.51. The number of unbranched alkanes of at least 4 members (excludes halogenated alkanes) is 5. The molecule has 1 aromatic carbocycles. The molecular weight excluding hydrogens is 312 g/mol. The summed E-state index contributed by atoms with van der Waals surface area (Å²) in [5, 5.41) is 0. The van der Waals surface area contributed by atoms with Crippen LogP contribution >= 0.6 is 0 Å². The average molecular weight is 344 g/mol. The first-order valence-electron chi connectivity index (χ1n) is 9.84. The van der Waals surface area contributed by atoms with Gasteiger partial charge in [-0.2, -0.15) is 0 Å². The summed E-state index contributed by atoms with van der Waals surface area (Å²) in [6.45, 7) is 3.10. The van der Waals surface area contributed by atoms with Gasteiger partial charge in [0.2, 0.25) is 0 Å². The fourth-order valence-corrected chi connectivity index (χ4v) is 2.86. The van der Waals surface area contributed by atoms with Crippen LogP contribution < -0.4 is 0 Å². The van der Waals surface area contributed by atoms with Gasteiger partial charge in [0.25, 0.3) is 0 Å². The highest BCUT2D eigenvalue weighted by Crippen LogP contribution is 2.16. The lowest BCUT2D eigenvalue weighted by Gasteiger charge is -2.03. The summed E-state index contributed by atoms with van der Waals surface area (Å²) in [4.78, 5) is 11.6. The van der Waals surface area contributed by atoms with Crippen molar-refractivity contribution in [3.05, 3.63) is 41.7 Å². The van der Waals surface area contributed by atoms with Gasteiger partial charge < -0.3 is 9.47 Å². The standard InChI is InChI=1S/C22H32O3/c1-2-3-4-5-6-7-9-19-12-14-20(15-13-19)16-17-24-22(23)11-8-10-21-18-25-21/h12-17,21H,2-11,18H2,1H3/b17-16+. The fraction of sp³-hybridized carbons (Fsp3) is 0.591. The molecule has 0 N–H and O–H groups in total. The van der Waals surface area contributed by atoms with Crippen LogP contribution in [0.2, 0.25) is 0 Å². The number of rotatable bonds is 13. The van der Waals surface area contributed by atoms with Crippen LogP contribution in [-0.4, -0.2) is 18.7 Å². The Labute approximate surface area is 152 Å². The Morgan fingerprint density at radius 3 is 2.56 bits per heavy atom. The molecule has 1 unspecified atom stereocenters. The maximum atomic E-state index is 11.6.